The zero-order valence-corrected chi connectivity index (χ0v) is 12.5. The number of urea groups is 1. The predicted molar refractivity (Wildman–Crippen MR) is 82.2 cm³/mol. The van der Waals surface area contributed by atoms with Crippen LogP contribution in [0.1, 0.15) is 48.0 Å². The van der Waals surface area contributed by atoms with Gasteiger partial charge in [0.15, 0.2) is 0 Å². The average molecular weight is 315 g/mol. The van der Waals surface area contributed by atoms with Crippen molar-refractivity contribution in [2.75, 3.05) is 0 Å². The van der Waals surface area contributed by atoms with E-state index in [0.717, 1.165) is 24.3 Å². The summed E-state index contributed by atoms with van der Waals surface area (Å²) in [4.78, 5) is 35.8. The van der Waals surface area contributed by atoms with Crippen LogP contribution in [0, 0.1) is 0 Å². The smallest absolute Gasteiger partial charge is 0.346 e. The highest BCUT2D eigenvalue weighted by molar-refractivity contribution is 6.08. The second kappa shape index (κ2) is 5.83. The number of carbonyl (C=O) groups excluding carboxylic acids is 2. The van der Waals surface area contributed by atoms with Crippen LogP contribution in [0.15, 0.2) is 29.4 Å². The summed E-state index contributed by atoms with van der Waals surface area (Å²) in [7, 11) is 0. The number of hydrogen-bond acceptors (Lipinski definition) is 4. The molecular formula is C16H17N3O4. The number of benzene rings is 1. The molecule has 23 heavy (non-hydrogen) atoms. The van der Waals surface area contributed by atoms with Crippen molar-refractivity contribution in [3.05, 3.63) is 35.4 Å². The lowest BCUT2D eigenvalue weighted by Gasteiger charge is -2.29. The summed E-state index contributed by atoms with van der Waals surface area (Å²) >= 11 is 0. The minimum Gasteiger partial charge on any atom is -0.478 e. The Kier molecular flexibility index (Phi) is 3.85. The summed E-state index contributed by atoms with van der Waals surface area (Å²) in [6.07, 6.45) is 5.32. The van der Waals surface area contributed by atoms with Gasteiger partial charge in [-0.15, -0.1) is 5.01 Å². The molecule has 0 radical (unpaired) electrons. The second-order valence-corrected chi connectivity index (χ2v) is 5.83. The van der Waals surface area contributed by atoms with Gasteiger partial charge >= 0.3 is 12.0 Å². The lowest BCUT2D eigenvalue weighted by molar-refractivity contribution is -0.132. The Bertz CT molecular complexity index is 692. The molecule has 1 aromatic rings. The molecule has 7 heteroatoms. The molecule has 1 aromatic carbocycles. The van der Waals surface area contributed by atoms with E-state index in [9.17, 15) is 14.4 Å². The molecule has 2 fully saturated rings. The van der Waals surface area contributed by atoms with E-state index in [1.54, 1.807) is 18.2 Å². The molecule has 1 spiro atoms. The number of carbonyl (C=O) groups is 3. The number of amides is 3. The lowest BCUT2D eigenvalue weighted by atomic mass is 9.82. The van der Waals surface area contributed by atoms with Gasteiger partial charge in [-0.05, 0) is 18.9 Å². The molecule has 1 saturated carbocycles. The van der Waals surface area contributed by atoms with E-state index in [1.165, 1.54) is 12.3 Å². The first kappa shape index (κ1) is 15.2. The van der Waals surface area contributed by atoms with Crippen molar-refractivity contribution < 1.29 is 19.5 Å². The Balaban J connectivity index is 1.84. The van der Waals surface area contributed by atoms with Crippen LogP contribution in [0.2, 0.25) is 0 Å². The fourth-order valence-corrected chi connectivity index (χ4v) is 3.13. The maximum absolute atomic E-state index is 12.5. The van der Waals surface area contributed by atoms with Gasteiger partial charge in [-0.2, -0.15) is 5.10 Å². The predicted octanol–water partition coefficient (Wildman–Crippen LogP) is 1.97. The molecule has 0 aromatic heterocycles. The van der Waals surface area contributed by atoms with E-state index in [1.807, 2.05) is 0 Å². The Morgan fingerprint density at radius 1 is 1.22 bits per heavy atom. The fraction of sp³-hybridized carbons (Fsp3) is 0.375. The van der Waals surface area contributed by atoms with Gasteiger partial charge in [-0.3, -0.25) is 4.79 Å². The van der Waals surface area contributed by atoms with Gasteiger partial charge in [-0.25, -0.2) is 9.59 Å². The standard InChI is InChI=1S/C16H17N3O4/c20-13(21)12-7-3-2-6-11(12)10-17-19-14(22)16(18-15(19)23)8-4-1-5-9-16/h2-3,6-7,10H,1,4-5,8-9H2,(H,18,23)(H,20,21)/b17-10+. The normalized spacial score (nSPS) is 20.3. The van der Waals surface area contributed by atoms with Crippen LogP contribution in [-0.4, -0.2) is 39.8 Å². The first-order valence-electron chi connectivity index (χ1n) is 7.56. The maximum Gasteiger partial charge on any atom is 0.346 e. The van der Waals surface area contributed by atoms with Crippen LogP contribution in [0.25, 0.3) is 0 Å². The van der Waals surface area contributed by atoms with E-state index < -0.39 is 17.5 Å². The number of carboxylic acid groups (broad SMARTS) is 1. The summed E-state index contributed by atoms with van der Waals surface area (Å²) < 4.78 is 0. The number of imide groups is 1. The Morgan fingerprint density at radius 3 is 2.61 bits per heavy atom. The third kappa shape index (κ3) is 2.69. The minimum atomic E-state index is -1.09. The molecule has 1 saturated heterocycles. The van der Waals surface area contributed by atoms with Crippen LogP contribution in [-0.2, 0) is 4.79 Å². The summed E-state index contributed by atoms with van der Waals surface area (Å²) in [6, 6.07) is 5.73. The summed E-state index contributed by atoms with van der Waals surface area (Å²) in [6.45, 7) is 0. The Hall–Kier alpha value is -2.70. The summed E-state index contributed by atoms with van der Waals surface area (Å²) in [5.74, 6) is -1.45. The van der Waals surface area contributed by atoms with E-state index >= 15 is 0 Å². The molecule has 120 valence electrons. The minimum absolute atomic E-state index is 0.0654. The lowest BCUT2D eigenvalue weighted by Crippen LogP contribution is -2.48. The number of aromatic carboxylic acids is 1. The third-order valence-electron chi connectivity index (χ3n) is 4.35. The van der Waals surface area contributed by atoms with Crippen molar-refractivity contribution in [2.45, 2.75) is 37.6 Å². The summed E-state index contributed by atoms with van der Waals surface area (Å²) in [5.41, 5.74) is -0.431. The molecule has 0 bridgehead atoms. The zero-order valence-electron chi connectivity index (χ0n) is 12.5. The van der Waals surface area contributed by atoms with Crippen LogP contribution < -0.4 is 5.32 Å². The molecule has 7 nitrogen and oxygen atoms in total. The molecule has 2 N–H and O–H groups in total. The Labute approximate surface area is 133 Å². The molecule has 1 heterocycles. The number of carboxylic acids is 1. The van der Waals surface area contributed by atoms with Gasteiger partial charge in [0, 0.05) is 5.56 Å². The molecule has 3 amide bonds. The van der Waals surface area contributed by atoms with Crippen LogP contribution >= 0.6 is 0 Å². The van der Waals surface area contributed by atoms with E-state index in [0.29, 0.717) is 18.4 Å². The SMILES string of the molecule is O=C(O)c1ccccc1/C=N/N1C(=O)NC2(CCCCC2)C1=O. The van der Waals surface area contributed by atoms with Crippen molar-refractivity contribution in [3.8, 4) is 0 Å². The molecule has 2 aliphatic rings. The van der Waals surface area contributed by atoms with Gasteiger partial charge in [0.05, 0.1) is 11.8 Å². The maximum atomic E-state index is 12.5. The van der Waals surface area contributed by atoms with Crippen LogP contribution in [0.4, 0.5) is 4.79 Å². The van der Waals surface area contributed by atoms with E-state index in [-0.39, 0.29) is 11.5 Å². The van der Waals surface area contributed by atoms with Gasteiger partial charge in [-0.1, -0.05) is 37.5 Å². The van der Waals surface area contributed by atoms with Crippen LogP contribution in [0.3, 0.4) is 0 Å². The zero-order chi connectivity index (χ0) is 16.4. The van der Waals surface area contributed by atoms with Gasteiger partial charge in [0.1, 0.15) is 5.54 Å². The number of nitrogens with one attached hydrogen (secondary N) is 1. The molecule has 0 atom stereocenters. The van der Waals surface area contributed by atoms with Crippen molar-refractivity contribution >= 4 is 24.1 Å². The van der Waals surface area contributed by atoms with Crippen molar-refractivity contribution in [1.82, 2.24) is 10.3 Å². The van der Waals surface area contributed by atoms with Crippen molar-refractivity contribution in [1.29, 1.82) is 0 Å². The van der Waals surface area contributed by atoms with E-state index in [2.05, 4.69) is 10.4 Å². The first-order chi connectivity index (χ1) is 11.0. The van der Waals surface area contributed by atoms with Gasteiger partial charge in [0.25, 0.3) is 5.91 Å². The monoisotopic (exact) mass is 315 g/mol. The molecular weight excluding hydrogens is 298 g/mol. The third-order valence-corrected chi connectivity index (χ3v) is 4.35. The summed E-state index contributed by atoms with van der Waals surface area (Å²) in [5, 5.41) is 16.6. The number of nitrogens with zero attached hydrogens (tertiary/aromatic N) is 2. The average Bonchev–Trinajstić information content (AvgIpc) is 2.77. The number of hydrazone groups is 1. The van der Waals surface area contributed by atoms with Crippen molar-refractivity contribution in [2.24, 2.45) is 5.10 Å². The molecule has 1 aliphatic carbocycles. The highest BCUT2D eigenvalue weighted by atomic mass is 16.4. The van der Waals surface area contributed by atoms with Gasteiger partial charge in [0.2, 0.25) is 0 Å². The largest absolute Gasteiger partial charge is 0.478 e. The van der Waals surface area contributed by atoms with Crippen LogP contribution in [0.5, 0.6) is 0 Å². The first-order valence-corrected chi connectivity index (χ1v) is 7.56. The van der Waals surface area contributed by atoms with Gasteiger partial charge < -0.3 is 10.4 Å². The molecule has 1 aliphatic heterocycles. The number of rotatable bonds is 3. The highest BCUT2D eigenvalue weighted by Crippen LogP contribution is 2.33. The topological polar surface area (TPSA) is 99.1 Å². The van der Waals surface area contributed by atoms with Crippen molar-refractivity contribution in [3.63, 3.8) is 0 Å². The Morgan fingerprint density at radius 2 is 1.91 bits per heavy atom. The quantitative estimate of drug-likeness (QED) is 0.658. The number of hydrogen-bond donors (Lipinski definition) is 2. The molecule has 0 unspecified atom stereocenters. The highest BCUT2D eigenvalue weighted by Gasteiger charge is 2.51. The molecule has 3 rings (SSSR count). The fourth-order valence-electron chi connectivity index (χ4n) is 3.13. The van der Waals surface area contributed by atoms with E-state index in [4.69, 9.17) is 5.11 Å². The second-order valence-electron chi connectivity index (χ2n) is 5.83.